The highest BCUT2D eigenvalue weighted by Gasteiger charge is 2.22. The molecule has 3 aromatic carbocycles. The second-order valence-corrected chi connectivity index (χ2v) is 8.08. The Labute approximate surface area is 188 Å². The third-order valence-corrected chi connectivity index (χ3v) is 6.06. The van der Waals surface area contributed by atoms with Gasteiger partial charge in [0.1, 0.15) is 23.2 Å². The van der Waals surface area contributed by atoms with E-state index in [0.717, 1.165) is 31.8 Å². The molecule has 0 fully saturated rings. The molecule has 31 heavy (non-hydrogen) atoms. The third kappa shape index (κ3) is 4.01. The number of furan rings is 1. The fourth-order valence-corrected chi connectivity index (χ4v) is 4.36. The van der Waals surface area contributed by atoms with E-state index < -0.39 is 0 Å². The quantitative estimate of drug-likeness (QED) is 0.337. The number of hydrogen-bond acceptors (Lipinski definition) is 4. The van der Waals surface area contributed by atoms with Crippen molar-refractivity contribution in [3.8, 4) is 11.8 Å². The van der Waals surface area contributed by atoms with Gasteiger partial charge in [-0.05, 0) is 50.5 Å². The largest absolute Gasteiger partial charge is 0.478 e. The lowest BCUT2D eigenvalue weighted by atomic mass is 10.1. The molecule has 1 amide bonds. The summed E-state index contributed by atoms with van der Waals surface area (Å²) < 4.78 is 12.2. The second-order valence-electron chi connectivity index (χ2n) is 7.29. The summed E-state index contributed by atoms with van der Waals surface area (Å²) in [4.78, 5) is 15.0. The molecule has 1 aromatic heterocycles. The Bertz CT molecular complexity index is 1320. The van der Waals surface area contributed by atoms with Crippen LogP contribution in [0.15, 0.2) is 63.5 Å². The monoisotopic (exact) mass is 476 g/mol. The molecule has 0 aliphatic rings. The summed E-state index contributed by atoms with van der Waals surface area (Å²) in [6, 6.07) is 19.5. The number of carbonyl (C=O) groups excluding carboxylic acids is 1. The van der Waals surface area contributed by atoms with Crippen LogP contribution in [0.1, 0.15) is 28.6 Å². The highest BCUT2D eigenvalue weighted by atomic mass is 79.9. The van der Waals surface area contributed by atoms with E-state index in [4.69, 9.17) is 14.4 Å². The lowest BCUT2D eigenvalue weighted by Gasteiger charge is -2.18. The number of nitriles is 1. The number of amides is 1. The number of aryl methyl sites for hydroxylation is 1. The first kappa shape index (κ1) is 21.0. The van der Waals surface area contributed by atoms with Gasteiger partial charge in [-0.3, -0.25) is 4.79 Å². The highest BCUT2D eigenvalue weighted by molar-refractivity contribution is 9.10. The first-order valence-electron chi connectivity index (χ1n) is 10.00. The minimum Gasteiger partial charge on any atom is -0.478 e. The van der Waals surface area contributed by atoms with Gasteiger partial charge in [-0.15, -0.1) is 0 Å². The molecule has 0 saturated carbocycles. The standard InChI is InChI=1S/C25H21BrN2O3/c1-3-20-23(19-6-4-5-7-21(19)31-20)25(29)28(2)15-16-8-10-18-17(14-16)9-11-22(24(18)26)30-13-12-27/h4-11,14H,3,13,15H2,1-2H3. The van der Waals surface area contributed by atoms with Crippen molar-refractivity contribution < 1.29 is 13.9 Å². The van der Waals surface area contributed by atoms with Gasteiger partial charge in [0.2, 0.25) is 0 Å². The van der Waals surface area contributed by atoms with Gasteiger partial charge in [0.25, 0.3) is 5.91 Å². The second kappa shape index (κ2) is 8.83. The van der Waals surface area contributed by atoms with Crippen molar-refractivity contribution in [2.24, 2.45) is 0 Å². The maximum atomic E-state index is 13.3. The topological polar surface area (TPSA) is 66.5 Å². The van der Waals surface area contributed by atoms with Crippen molar-refractivity contribution >= 4 is 43.6 Å². The van der Waals surface area contributed by atoms with E-state index in [0.29, 0.717) is 30.0 Å². The molecule has 4 aromatic rings. The van der Waals surface area contributed by atoms with Crippen LogP contribution in [0.2, 0.25) is 0 Å². The molecule has 0 spiro atoms. The number of para-hydroxylation sites is 1. The third-order valence-electron chi connectivity index (χ3n) is 5.25. The summed E-state index contributed by atoms with van der Waals surface area (Å²) >= 11 is 3.57. The fourth-order valence-electron chi connectivity index (χ4n) is 3.76. The van der Waals surface area contributed by atoms with Crippen molar-refractivity contribution in [3.63, 3.8) is 0 Å². The smallest absolute Gasteiger partial charge is 0.258 e. The molecule has 0 unspecified atom stereocenters. The molecule has 4 rings (SSSR count). The first-order chi connectivity index (χ1) is 15.0. The molecule has 0 aliphatic carbocycles. The fraction of sp³-hybridized carbons (Fsp3) is 0.200. The summed E-state index contributed by atoms with van der Waals surface area (Å²) in [7, 11) is 1.81. The lowest BCUT2D eigenvalue weighted by molar-refractivity contribution is 0.0784. The summed E-state index contributed by atoms with van der Waals surface area (Å²) in [6.45, 7) is 2.46. The van der Waals surface area contributed by atoms with Crippen LogP contribution in [0, 0.1) is 11.3 Å². The van der Waals surface area contributed by atoms with Gasteiger partial charge in [-0.25, -0.2) is 0 Å². The van der Waals surface area contributed by atoms with E-state index in [9.17, 15) is 4.79 Å². The number of nitrogens with zero attached hydrogens (tertiary/aromatic N) is 2. The molecule has 0 aliphatic heterocycles. The maximum absolute atomic E-state index is 13.3. The zero-order valence-electron chi connectivity index (χ0n) is 17.3. The van der Waals surface area contributed by atoms with E-state index in [1.165, 1.54) is 0 Å². The van der Waals surface area contributed by atoms with Crippen LogP contribution in [0.25, 0.3) is 21.7 Å². The van der Waals surface area contributed by atoms with Crippen LogP contribution in [0.5, 0.6) is 5.75 Å². The average Bonchev–Trinajstić information content (AvgIpc) is 3.16. The summed E-state index contributed by atoms with van der Waals surface area (Å²) in [5, 5.41) is 11.6. The Balaban J connectivity index is 1.61. The van der Waals surface area contributed by atoms with Gasteiger partial charge in [0.05, 0.1) is 10.0 Å². The molecule has 156 valence electrons. The molecule has 0 radical (unpaired) electrons. The van der Waals surface area contributed by atoms with E-state index >= 15 is 0 Å². The van der Waals surface area contributed by atoms with E-state index in [-0.39, 0.29) is 12.5 Å². The molecular formula is C25H21BrN2O3. The van der Waals surface area contributed by atoms with Crippen molar-refractivity contribution in [1.29, 1.82) is 5.26 Å². The number of rotatable bonds is 6. The number of carbonyl (C=O) groups is 1. The molecule has 5 nitrogen and oxygen atoms in total. The molecular weight excluding hydrogens is 456 g/mol. The van der Waals surface area contributed by atoms with Gasteiger partial charge in [-0.1, -0.05) is 43.3 Å². The minimum absolute atomic E-state index is 0.00244. The Hall–Kier alpha value is -3.30. The van der Waals surface area contributed by atoms with Crippen molar-refractivity contribution in [2.75, 3.05) is 13.7 Å². The Morgan fingerprint density at radius 3 is 2.74 bits per heavy atom. The predicted molar refractivity (Wildman–Crippen MR) is 124 cm³/mol. The Morgan fingerprint density at radius 2 is 1.97 bits per heavy atom. The number of ether oxygens (including phenoxy) is 1. The number of halogens is 1. The Kier molecular flexibility index (Phi) is 5.97. The average molecular weight is 477 g/mol. The Morgan fingerprint density at radius 1 is 1.16 bits per heavy atom. The van der Waals surface area contributed by atoms with Crippen LogP contribution >= 0.6 is 15.9 Å². The van der Waals surface area contributed by atoms with Gasteiger partial charge < -0.3 is 14.1 Å². The van der Waals surface area contributed by atoms with E-state index in [1.807, 2.05) is 68.6 Å². The summed E-state index contributed by atoms with van der Waals surface area (Å²) in [5.74, 6) is 1.29. The molecule has 0 atom stereocenters. The van der Waals surface area contributed by atoms with Crippen LogP contribution in [0.3, 0.4) is 0 Å². The summed E-state index contributed by atoms with van der Waals surface area (Å²) in [5.41, 5.74) is 2.40. The summed E-state index contributed by atoms with van der Waals surface area (Å²) in [6.07, 6.45) is 0.657. The minimum atomic E-state index is -0.0525. The maximum Gasteiger partial charge on any atom is 0.258 e. The van der Waals surface area contributed by atoms with Crippen LogP contribution in [-0.4, -0.2) is 24.5 Å². The zero-order chi connectivity index (χ0) is 22.0. The van der Waals surface area contributed by atoms with Crippen LogP contribution < -0.4 is 4.74 Å². The van der Waals surface area contributed by atoms with Gasteiger partial charge in [0, 0.05) is 25.4 Å². The predicted octanol–water partition coefficient (Wildman–Crippen LogP) is 6.09. The van der Waals surface area contributed by atoms with Crippen LogP contribution in [0.4, 0.5) is 0 Å². The van der Waals surface area contributed by atoms with Gasteiger partial charge in [0.15, 0.2) is 6.61 Å². The number of benzene rings is 3. The molecule has 0 N–H and O–H groups in total. The van der Waals surface area contributed by atoms with Crippen molar-refractivity contribution in [2.45, 2.75) is 19.9 Å². The first-order valence-corrected chi connectivity index (χ1v) is 10.8. The van der Waals surface area contributed by atoms with Gasteiger partial charge >= 0.3 is 0 Å². The van der Waals surface area contributed by atoms with Crippen LogP contribution in [-0.2, 0) is 13.0 Å². The lowest BCUT2D eigenvalue weighted by Crippen LogP contribution is -2.26. The molecule has 0 bridgehead atoms. The number of fused-ring (bicyclic) bond motifs is 2. The zero-order valence-corrected chi connectivity index (χ0v) is 18.9. The highest BCUT2D eigenvalue weighted by Crippen LogP contribution is 2.34. The van der Waals surface area contributed by atoms with Crippen molar-refractivity contribution in [3.05, 3.63) is 76.0 Å². The van der Waals surface area contributed by atoms with Crippen molar-refractivity contribution in [1.82, 2.24) is 4.90 Å². The molecule has 6 heteroatoms. The molecule has 1 heterocycles. The van der Waals surface area contributed by atoms with E-state index in [2.05, 4.69) is 22.0 Å². The molecule has 0 saturated heterocycles. The number of hydrogen-bond donors (Lipinski definition) is 0. The SMILES string of the molecule is CCc1oc2ccccc2c1C(=O)N(C)Cc1ccc2c(Br)c(OCC#N)ccc2c1. The normalized spacial score (nSPS) is 10.9. The van der Waals surface area contributed by atoms with E-state index in [1.54, 1.807) is 4.90 Å². The van der Waals surface area contributed by atoms with Gasteiger partial charge in [-0.2, -0.15) is 5.26 Å².